The first kappa shape index (κ1) is 22.0. The Bertz CT molecular complexity index is 973. The summed E-state index contributed by atoms with van der Waals surface area (Å²) in [4.78, 5) is 0. The molecule has 4 aromatic carbocycles. The van der Waals surface area contributed by atoms with Gasteiger partial charge in [-0.05, 0) is 41.5 Å². The van der Waals surface area contributed by atoms with Gasteiger partial charge in [-0.1, -0.05) is 121 Å². The Kier molecular flexibility index (Phi) is 6.84. The van der Waals surface area contributed by atoms with Crippen molar-refractivity contribution in [3.8, 4) is 0 Å². The van der Waals surface area contributed by atoms with E-state index >= 15 is 0 Å². The summed E-state index contributed by atoms with van der Waals surface area (Å²) in [6, 6.07) is 42.2. The van der Waals surface area contributed by atoms with Crippen molar-refractivity contribution in [2.75, 3.05) is 0 Å². The highest BCUT2D eigenvalue weighted by Gasteiger charge is 2.46. The van der Waals surface area contributed by atoms with Crippen LogP contribution in [0.25, 0.3) is 0 Å². The molecule has 4 rings (SSSR count). The average molecular weight is 421 g/mol. The van der Waals surface area contributed by atoms with E-state index in [2.05, 4.69) is 115 Å². The Balaban J connectivity index is 1.81. The number of benzene rings is 4. The van der Waals surface area contributed by atoms with Gasteiger partial charge in [0.05, 0.1) is 5.66 Å². The molecule has 0 aliphatic heterocycles. The van der Waals surface area contributed by atoms with Gasteiger partial charge in [-0.3, -0.25) is 0 Å². The predicted molar refractivity (Wildman–Crippen MR) is 134 cm³/mol. The number of rotatable bonds is 9. The zero-order valence-electron chi connectivity index (χ0n) is 18.5. The van der Waals surface area contributed by atoms with Gasteiger partial charge in [0.25, 0.3) is 0 Å². The molecule has 0 atom stereocenters. The van der Waals surface area contributed by atoms with Crippen molar-refractivity contribution >= 4 is 0 Å². The fraction of sp³-hybridized carbons (Fsp3) is 0.200. The van der Waals surface area contributed by atoms with Gasteiger partial charge in [-0.2, -0.15) is 0 Å². The molecule has 2 heteroatoms. The second kappa shape index (κ2) is 9.95. The van der Waals surface area contributed by atoms with Gasteiger partial charge in [-0.15, -0.1) is 0 Å². The maximum absolute atomic E-state index is 7.15. The van der Waals surface area contributed by atoms with Crippen LogP contribution in [0.5, 0.6) is 0 Å². The molecular weight excluding hydrogens is 388 g/mol. The van der Waals surface area contributed by atoms with E-state index in [1.165, 1.54) is 16.7 Å². The Morgan fingerprint density at radius 1 is 0.375 bits per heavy atom. The first-order chi connectivity index (χ1) is 15.6. The van der Waals surface area contributed by atoms with E-state index in [9.17, 15) is 0 Å². The summed E-state index contributed by atoms with van der Waals surface area (Å²) < 4.78 is 0. The second-order valence-electron chi connectivity index (χ2n) is 8.97. The van der Waals surface area contributed by atoms with Gasteiger partial charge < -0.3 is 11.5 Å². The van der Waals surface area contributed by atoms with Crippen molar-refractivity contribution in [3.63, 3.8) is 0 Å². The van der Waals surface area contributed by atoms with Crippen LogP contribution in [0, 0.1) is 5.41 Å². The first-order valence-corrected chi connectivity index (χ1v) is 11.3. The zero-order chi connectivity index (χ0) is 22.3. The van der Waals surface area contributed by atoms with Gasteiger partial charge in [-0.25, -0.2) is 0 Å². The summed E-state index contributed by atoms with van der Waals surface area (Å²) in [5.74, 6) is 0. The van der Waals surface area contributed by atoms with Gasteiger partial charge in [0.15, 0.2) is 0 Å². The third kappa shape index (κ3) is 5.34. The standard InChI is InChI=1S/C30H32N2/c31-30(32,24-28-19-11-4-12-20-28)29(21-25-13-5-1-6-14-25,22-26-15-7-2-8-16-26)23-27-17-9-3-10-18-27/h1-20H,21-24,31-32H2. The molecule has 0 fully saturated rings. The monoisotopic (exact) mass is 420 g/mol. The molecule has 0 aliphatic rings. The molecule has 4 aromatic rings. The van der Waals surface area contributed by atoms with Gasteiger partial charge in [0.1, 0.15) is 0 Å². The second-order valence-corrected chi connectivity index (χ2v) is 8.97. The highest BCUT2D eigenvalue weighted by atomic mass is 15.0. The Morgan fingerprint density at radius 3 is 0.906 bits per heavy atom. The Labute approximate surface area is 191 Å². The van der Waals surface area contributed by atoms with Crippen LogP contribution in [0.3, 0.4) is 0 Å². The predicted octanol–water partition coefficient (Wildman–Crippen LogP) is 5.56. The van der Waals surface area contributed by atoms with Crippen molar-refractivity contribution in [2.45, 2.75) is 31.3 Å². The maximum atomic E-state index is 7.15. The van der Waals surface area contributed by atoms with Crippen molar-refractivity contribution in [2.24, 2.45) is 16.9 Å². The van der Waals surface area contributed by atoms with Crippen LogP contribution in [0.4, 0.5) is 0 Å². The largest absolute Gasteiger partial charge is 0.313 e. The third-order valence-electron chi connectivity index (χ3n) is 6.48. The van der Waals surface area contributed by atoms with Crippen LogP contribution in [-0.4, -0.2) is 5.66 Å². The van der Waals surface area contributed by atoms with Gasteiger partial charge in [0, 0.05) is 11.8 Å². The molecule has 0 heterocycles. The first-order valence-electron chi connectivity index (χ1n) is 11.3. The van der Waals surface area contributed by atoms with Crippen LogP contribution in [-0.2, 0) is 25.7 Å². The van der Waals surface area contributed by atoms with Crippen LogP contribution in [0.1, 0.15) is 22.3 Å². The van der Waals surface area contributed by atoms with Crippen molar-refractivity contribution in [1.82, 2.24) is 0 Å². The van der Waals surface area contributed by atoms with Crippen LogP contribution < -0.4 is 11.5 Å². The number of hydrogen-bond acceptors (Lipinski definition) is 2. The normalized spacial score (nSPS) is 11.9. The fourth-order valence-electron chi connectivity index (χ4n) is 4.76. The smallest absolute Gasteiger partial charge is 0.0745 e. The summed E-state index contributed by atoms with van der Waals surface area (Å²) in [6.45, 7) is 0. The van der Waals surface area contributed by atoms with Gasteiger partial charge >= 0.3 is 0 Å². The summed E-state index contributed by atoms with van der Waals surface area (Å²) in [7, 11) is 0. The van der Waals surface area contributed by atoms with Crippen LogP contribution >= 0.6 is 0 Å². The molecule has 162 valence electrons. The molecule has 32 heavy (non-hydrogen) atoms. The summed E-state index contributed by atoms with van der Waals surface area (Å²) in [6.07, 6.45) is 3.02. The zero-order valence-corrected chi connectivity index (χ0v) is 18.5. The molecule has 0 amide bonds. The maximum Gasteiger partial charge on any atom is 0.0745 e. The van der Waals surface area contributed by atoms with E-state index < -0.39 is 5.66 Å². The molecule has 0 spiro atoms. The topological polar surface area (TPSA) is 52.0 Å². The van der Waals surface area contributed by atoms with Crippen LogP contribution in [0.15, 0.2) is 121 Å². The van der Waals surface area contributed by atoms with E-state index in [4.69, 9.17) is 11.5 Å². The molecule has 0 aliphatic carbocycles. The molecule has 0 unspecified atom stereocenters. The van der Waals surface area contributed by atoms with Crippen molar-refractivity contribution in [3.05, 3.63) is 144 Å². The molecule has 0 saturated heterocycles. The lowest BCUT2D eigenvalue weighted by Gasteiger charge is -2.47. The lowest BCUT2D eigenvalue weighted by molar-refractivity contribution is 0.118. The molecule has 0 aromatic heterocycles. The van der Waals surface area contributed by atoms with Crippen molar-refractivity contribution in [1.29, 1.82) is 0 Å². The Morgan fingerprint density at radius 2 is 0.625 bits per heavy atom. The van der Waals surface area contributed by atoms with Gasteiger partial charge in [0.2, 0.25) is 0 Å². The third-order valence-corrected chi connectivity index (χ3v) is 6.48. The fourth-order valence-corrected chi connectivity index (χ4v) is 4.76. The van der Waals surface area contributed by atoms with Crippen molar-refractivity contribution < 1.29 is 0 Å². The van der Waals surface area contributed by atoms with E-state index in [0.29, 0.717) is 6.42 Å². The lowest BCUT2D eigenvalue weighted by Crippen LogP contribution is -2.66. The quantitative estimate of drug-likeness (QED) is 0.348. The van der Waals surface area contributed by atoms with Crippen LogP contribution in [0.2, 0.25) is 0 Å². The number of nitrogens with two attached hydrogens (primary N) is 2. The average Bonchev–Trinajstić information content (AvgIpc) is 2.81. The SMILES string of the molecule is NC(N)(Cc1ccccc1)C(Cc1ccccc1)(Cc1ccccc1)Cc1ccccc1. The minimum atomic E-state index is -0.921. The minimum Gasteiger partial charge on any atom is -0.313 e. The Hall–Kier alpha value is -3.20. The van der Waals surface area contributed by atoms with E-state index in [-0.39, 0.29) is 5.41 Å². The molecule has 4 N–H and O–H groups in total. The van der Waals surface area contributed by atoms with E-state index in [0.717, 1.165) is 24.8 Å². The molecule has 2 nitrogen and oxygen atoms in total. The molecule has 0 bridgehead atoms. The molecular formula is C30H32N2. The van der Waals surface area contributed by atoms with E-state index in [1.54, 1.807) is 0 Å². The molecule has 0 saturated carbocycles. The highest BCUT2D eigenvalue weighted by molar-refractivity contribution is 5.29. The molecule has 0 radical (unpaired) electrons. The highest BCUT2D eigenvalue weighted by Crippen LogP contribution is 2.40. The lowest BCUT2D eigenvalue weighted by atomic mass is 9.63. The summed E-state index contributed by atoms with van der Waals surface area (Å²) in [5, 5.41) is 0. The number of hydrogen-bond donors (Lipinski definition) is 2. The van der Waals surface area contributed by atoms with E-state index in [1.807, 2.05) is 6.07 Å². The minimum absolute atomic E-state index is 0.382. The summed E-state index contributed by atoms with van der Waals surface area (Å²) in [5.41, 5.74) is 17.9. The summed E-state index contributed by atoms with van der Waals surface area (Å²) >= 11 is 0.